The predicted molar refractivity (Wildman–Crippen MR) is 69.5 cm³/mol. The van der Waals surface area contributed by atoms with Gasteiger partial charge < -0.3 is 9.47 Å². The summed E-state index contributed by atoms with van der Waals surface area (Å²) in [6, 6.07) is 0. The van der Waals surface area contributed by atoms with E-state index in [2.05, 4.69) is 6.92 Å². The van der Waals surface area contributed by atoms with Crippen molar-refractivity contribution < 1.29 is 9.47 Å². The SMILES string of the molecule is C1COC1.CC.CC.CC.CC1COC1. The van der Waals surface area contributed by atoms with E-state index in [1.807, 2.05) is 41.5 Å². The summed E-state index contributed by atoms with van der Waals surface area (Å²) in [5.74, 6) is 0.843. The standard InChI is InChI=1S/C4H8O.C3H6O.3C2H6/c1-4-2-5-3-4;1-2-4-3-1;3*1-2/h4H,2-3H2,1H3;1-3H2;3*1-2H3. The van der Waals surface area contributed by atoms with Crippen molar-refractivity contribution in [3.05, 3.63) is 0 Å². The average molecular weight is 220 g/mol. The number of ether oxygens (including phenoxy) is 2. The highest BCUT2D eigenvalue weighted by atomic mass is 16.5. The first-order valence-corrected chi connectivity index (χ1v) is 6.55. The van der Waals surface area contributed by atoms with Crippen molar-refractivity contribution >= 4 is 0 Å². The van der Waals surface area contributed by atoms with E-state index in [1.165, 1.54) is 6.42 Å². The first-order valence-electron chi connectivity index (χ1n) is 6.55. The van der Waals surface area contributed by atoms with E-state index >= 15 is 0 Å². The molecule has 0 aromatic rings. The highest BCUT2D eigenvalue weighted by Gasteiger charge is 2.09. The summed E-state index contributed by atoms with van der Waals surface area (Å²) >= 11 is 0. The van der Waals surface area contributed by atoms with Crippen molar-refractivity contribution in [2.24, 2.45) is 5.92 Å². The normalized spacial score (nSPS) is 16.2. The van der Waals surface area contributed by atoms with Gasteiger partial charge in [-0.25, -0.2) is 0 Å². The maximum atomic E-state index is 4.83. The molecule has 0 amide bonds. The molecule has 2 rings (SSSR count). The lowest BCUT2D eigenvalue weighted by atomic mass is 10.2. The summed E-state index contributed by atoms with van der Waals surface area (Å²) in [7, 11) is 0. The molecule has 0 N–H and O–H groups in total. The molecule has 2 aliphatic heterocycles. The van der Waals surface area contributed by atoms with E-state index in [0.717, 1.165) is 32.3 Å². The molecule has 0 aromatic heterocycles. The Kier molecular flexibility index (Phi) is 32.0. The molecule has 2 fully saturated rings. The smallest absolute Gasteiger partial charge is 0.0513 e. The van der Waals surface area contributed by atoms with Gasteiger partial charge in [-0.3, -0.25) is 0 Å². The fraction of sp³-hybridized carbons (Fsp3) is 1.00. The third-order valence-electron chi connectivity index (χ3n) is 1.38. The Labute approximate surface area is 97.4 Å². The van der Waals surface area contributed by atoms with Crippen molar-refractivity contribution in [1.29, 1.82) is 0 Å². The molecule has 0 bridgehead atoms. The zero-order chi connectivity index (χ0) is 12.5. The Hall–Kier alpha value is -0.0800. The highest BCUT2D eigenvalue weighted by Crippen LogP contribution is 2.05. The van der Waals surface area contributed by atoms with Crippen molar-refractivity contribution in [3.63, 3.8) is 0 Å². The Bertz CT molecular complexity index is 62.9. The lowest BCUT2D eigenvalue weighted by Crippen LogP contribution is -2.23. The Balaban J connectivity index is -0.000000131. The average Bonchev–Trinajstić information content (AvgIpc) is 2.21. The topological polar surface area (TPSA) is 18.5 Å². The van der Waals surface area contributed by atoms with Gasteiger partial charge in [0, 0.05) is 19.1 Å². The summed E-state index contributed by atoms with van der Waals surface area (Å²) in [5.41, 5.74) is 0. The molecule has 0 aromatic carbocycles. The third kappa shape index (κ3) is 20.1. The maximum absolute atomic E-state index is 4.83. The number of hydrogen-bond donors (Lipinski definition) is 0. The zero-order valence-corrected chi connectivity index (χ0v) is 11.9. The van der Waals surface area contributed by atoms with Gasteiger partial charge in [0.25, 0.3) is 0 Å². The minimum Gasteiger partial charge on any atom is -0.381 e. The molecule has 0 spiro atoms. The summed E-state index contributed by atoms with van der Waals surface area (Å²) in [4.78, 5) is 0. The maximum Gasteiger partial charge on any atom is 0.0513 e. The summed E-state index contributed by atoms with van der Waals surface area (Å²) < 4.78 is 9.56. The Morgan fingerprint density at radius 2 is 0.933 bits per heavy atom. The monoisotopic (exact) mass is 220 g/mol. The molecular formula is C13H32O2. The van der Waals surface area contributed by atoms with Crippen molar-refractivity contribution in [3.8, 4) is 0 Å². The zero-order valence-electron chi connectivity index (χ0n) is 11.9. The van der Waals surface area contributed by atoms with Crippen LogP contribution in [0.15, 0.2) is 0 Å². The second-order valence-corrected chi connectivity index (χ2v) is 2.61. The molecule has 2 saturated heterocycles. The first-order chi connectivity index (χ1) is 7.39. The number of rotatable bonds is 0. The molecule has 2 nitrogen and oxygen atoms in total. The molecule has 2 aliphatic rings. The molecule has 96 valence electrons. The van der Waals surface area contributed by atoms with Crippen LogP contribution in [-0.4, -0.2) is 26.4 Å². The molecule has 0 aliphatic carbocycles. The van der Waals surface area contributed by atoms with Gasteiger partial charge in [-0.05, 0) is 6.42 Å². The van der Waals surface area contributed by atoms with Crippen molar-refractivity contribution in [2.75, 3.05) is 26.4 Å². The van der Waals surface area contributed by atoms with E-state index < -0.39 is 0 Å². The van der Waals surface area contributed by atoms with Gasteiger partial charge >= 0.3 is 0 Å². The van der Waals surface area contributed by atoms with Crippen LogP contribution in [0.2, 0.25) is 0 Å². The number of hydrogen-bond acceptors (Lipinski definition) is 2. The lowest BCUT2D eigenvalue weighted by molar-refractivity contribution is -0.0221. The van der Waals surface area contributed by atoms with E-state index in [9.17, 15) is 0 Å². The van der Waals surface area contributed by atoms with Crippen LogP contribution in [0.4, 0.5) is 0 Å². The van der Waals surface area contributed by atoms with Gasteiger partial charge in [-0.1, -0.05) is 48.5 Å². The molecule has 0 radical (unpaired) electrons. The van der Waals surface area contributed by atoms with Crippen LogP contribution in [0.1, 0.15) is 54.9 Å². The molecule has 0 unspecified atom stereocenters. The van der Waals surface area contributed by atoms with Gasteiger partial charge in [0.05, 0.1) is 13.2 Å². The van der Waals surface area contributed by atoms with Crippen LogP contribution >= 0.6 is 0 Å². The Morgan fingerprint density at radius 3 is 0.933 bits per heavy atom. The second-order valence-electron chi connectivity index (χ2n) is 2.61. The molecule has 15 heavy (non-hydrogen) atoms. The van der Waals surface area contributed by atoms with Crippen LogP contribution in [0.3, 0.4) is 0 Å². The predicted octanol–water partition coefficient (Wildman–Crippen LogP) is 4.14. The van der Waals surface area contributed by atoms with E-state index in [1.54, 1.807) is 0 Å². The van der Waals surface area contributed by atoms with Crippen LogP contribution in [0, 0.1) is 5.92 Å². The van der Waals surface area contributed by atoms with Crippen LogP contribution in [0.5, 0.6) is 0 Å². The van der Waals surface area contributed by atoms with Gasteiger partial charge in [-0.2, -0.15) is 0 Å². The van der Waals surface area contributed by atoms with Crippen molar-refractivity contribution in [1.82, 2.24) is 0 Å². The van der Waals surface area contributed by atoms with E-state index in [-0.39, 0.29) is 0 Å². The van der Waals surface area contributed by atoms with Crippen LogP contribution in [-0.2, 0) is 9.47 Å². The molecule has 2 heteroatoms. The largest absolute Gasteiger partial charge is 0.381 e. The van der Waals surface area contributed by atoms with E-state index in [4.69, 9.17) is 9.47 Å². The highest BCUT2D eigenvalue weighted by molar-refractivity contribution is 4.56. The second kappa shape index (κ2) is 23.6. The fourth-order valence-electron chi connectivity index (χ4n) is 0.498. The van der Waals surface area contributed by atoms with Gasteiger partial charge in [0.15, 0.2) is 0 Å². The molecule has 0 saturated carbocycles. The first kappa shape index (κ1) is 20.3. The third-order valence-corrected chi connectivity index (χ3v) is 1.38. The lowest BCUT2D eigenvalue weighted by Gasteiger charge is -2.20. The van der Waals surface area contributed by atoms with Crippen LogP contribution < -0.4 is 0 Å². The van der Waals surface area contributed by atoms with Gasteiger partial charge in [0.1, 0.15) is 0 Å². The van der Waals surface area contributed by atoms with Gasteiger partial charge in [0.2, 0.25) is 0 Å². The minimum absolute atomic E-state index is 0.843. The van der Waals surface area contributed by atoms with Crippen LogP contribution in [0.25, 0.3) is 0 Å². The molecular weight excluding hydrogens is 188 g/mol. The summed E-state index contributed by atoms with van der Waals surface area (Å²) in [6.07, 6.45) is 1.28. The molecule has 2 heterocycles. The fourth-order valence-corrected chi connectivity index (χ4v) is 0.498. The minimum atomic E-state index is 0.843. The van der Waals surface area contributed by atoms with Gasteiger partial charge in [-0.15, -0.1) is 0 Å². The Morgan fingerprint density at radius 1 is 0.733 bits per heavy atom. The quantitative estimate of drug-likeness (QED) is 0.611. The van der Waals surface area contributed by atoms with E-state index in [0.29, 0.717) is 0 Å². The summed E-state index contributed by atoms with van der Waals surface area (Å²) in [6.45, 7) is 18.2. The van der Waals surface area contributed by atoms with Crippen molar-refractivity contribution in [2.45, 2.75) is 54.9 Å². The molecule has 0 atom stereocenters. The summed E-state index contributed by atoms with van der Waals surface area (Å²) in [5, 5.41) is 0.